The van der Waals surface area contributed by atoms with Crippen LogP contribution in [0.15, 0.2) is 36.4 Å². The van der Waals surface area contributed by atoms with E-state index in [1.165, 1.54) is 20.3 Å². The maximum Gasteiger partial charge on any atom is 0.419 e. The number of methoxy groups -OCH3 is 3. The summed E-state index contributed by atoms with van der Waals surface area (Å²) in [5, 5.41) is 0. The van der Waals surface area contributed by atoms with Crippen LogP contribution in [0.4, 0.5) is 13.2 Å². The lowest BCUT2D eigenvalue weighted by atomic mass is 10.0. The van der Waals surface area contributed by atoms with Gasteiger partial charge in [0.2, 0.25) is 0 Å². The number of benzene rings is 2. The van der Waals surface area contributed by atoms with Gasteiger partial charge in [0.25, 0.3) is 0 Å². The van der Waals surface area contributed by atoms with Crippen molar-refractivity contribution in [3.63, 3.8) is 0 Å². The molecule has 124 valence electrons. The Morgan fingerprint density at radius 3 is 2.00 bits per heavy atom. The molecule has 2 aromatic carbocycles. The first-order valence-corrected chi connectivity index (χ1v) is 6.82. The Labute approximate surface area is 132 Å². The lowest BCUT2D eigenvalue weighted by Crippen LogP contribution is -2.07. The van der Waals surface area contributed by atoms with Crippen molar-refractivity contribution >= 4 is 0 Å². The molecule has 0 heterocycles. The predicted octanol–water partition coefficient (Wildman–Crippen LogP) is 4.54. The van der Waals surface area contributed by atoms with Gasteiger partial charge in [0.05, 0.1) is 26.4 Å². The molecule has 0 saturated heterocycles. The summed E-state index contributed by atoms with van der Waals surface area (Å²) < 4.78 is 54.5. The van der Waals surface area contributed by atoms with E-state index >= 15 is 0 Å². The molecule has 0 aliphatic carbocycles. The zero-order chi connectivity index (χ0) is 17.0. The fourth-order valence-electron chi connectivity index (χ4n) is 2.31. The maximum atomic E-state index is 13.1. The molecule has 0 radical (unpaired) electrons. The lowest BCUT2D eigenvalue weighted by molar-refractivity contribution is -0.138. The molecule has 2 rings (SSSR count). The average Bonchev–Trinajstić information content (AvgIpc) is 2.54. The van der Waals surface area contributed by atoms with Crippen LogP contribution in [0.5, 0.6) is 11.5 Å². The molecule has 0 fully saturated rings. The van der Waals surface area contributed by atoms with Crippen LogP contribution >= 0.6 is 0 Å². The van der Waals surface area contributed by atoms with E-state index in [2.05, 4.69) is 0 Å². The zero-order valence-corrected chi connectivity index (χ0v) is 13.0. The van der Waals surface area contributed by atoms with Crippen LogP contribution in [0.2, 0.25) is 0 Å². The van der Waals surface area contributed by atoms with E-state index in [0.717, 1.165) is 11.6 Å². The normalized spacial score (nSPS) is 11.4. The van der Waals surface area contributed by atoms with Crippen molar-refractivity contribution < 1.29 is 27.4 Å². The van der Waals surface area contributed by atoms with Crippen molar-refractivity contribution in [2.75, 3.05) is 21.3 Å². The Morgan fingerprint density at radius 1 is 0.826 bits per heavy atom. The van der Waals surface area contributed by atoms with E-state index in [4.69, 9.17) is 14.2 Å². The smallest absolute Gasteiger partial charge is 0.419 e. The second kappa shape index (κ2) is 6.91. The topological polar surface area (TPSA) is 27.7 Å². The molecule has 0 amide bonds. The van der Waals surface area contributed by atoms with Gasteiger partial charge in [-0.25, -0.2) is 0 Å². The van der Waals surface area contributed by atoms with Gasteiger partial charge in [0.1, 0.15) is 11.5 Å². The average molecular weight is 326 g/mol. The molecule has 0 bridgehead atoms. The number of hydrogen-bond acceptors (Lipinski definition) is 3. The molecule has 0 saturated carbocycles. The zero-order valence-electron chi connectivity index (χ0n) is 13.0. The Hall–Kier alpha value is -2.21. The highest BCUT2D eigenvalue weighted by Crippen LogP contribution is 2.39. The van der Waals surface area contributed by atoms with Gasteiger partial charge < -0.3 is 14.2 Å². The molecule has 23 heavy (non-hydrogen) atoms. The molecule has 0 aromatic heterocycles. The summed E-state index contributed by atoms with van der Waals surface area (Å²) in [6.07, 6.45) is -4.48. The van der Waals surface area contributed by atoms with Gasteiger partial charge in [0, 0.05) is 12.7 Å². The van der Waals surface area contributed by atoms with E-state index < -0.39 is 11.7 Å². The highest BCUT2D eigenvalue weighted by atomic mass is 19.4. The van der Waals surface area contributed by atoms with Gasteiger partial charge in [-0.2, -0.15) is 13.2 Å². The molecule has 0 spiro atoms. The first-order valence-electron chi connectivity index (χ1n) is 6.82. The molecule has 0 unspecified atom stereocenters. The third kappa shape index (κ3) is 3.76. The highest BCUT2D eigenvalue weighted by molar-refractivity contribution is 5.68. The summed E-state index contributed by atoms with van der Waals surface area (Å²) in [6.45, 7) is 0.361. The summed E-state index contributed by atoms with van der Waals surface area (Å²) in [6, 6.07) is 9.17. The molecule has 0 aliphatic rings. The summed E-state index contributed by atoms with van der Waals surface area (Å²) in [5.41, 5.74) is 1.07. The second-order valence-electron chi connectivity index (χ2n) is 4.87. The molecule has 6 heteroatoms. The number of ether oxygens (including phenoxy) is 3. The van der Waals surface area contributed by atoms with Crippen LogP contribution in [0.1, 0.15) is 11.1 Å². The van der Waals surface area contributed by atoms with Crippen LogP contribution in [0, 0.1) is 0 Å². The summed E-state index contributed by atoms with van der Waals surface area (Å²) in [4.78, 5) is 0. The van der Waals surface area contributed by atoms with Crippen molar-refractivity contribution in [3.05, 3.63) is 47.5 Å². The van der Waals surface area contributed by atoms with Gasteiger partial charge >= 0.3 is 6.18 Å². The fourth-order valence-corrected chi connectivity index (χ4v) is 2.31. The van der Waals surface area contributed by atoms with Crippen LogP contribution in [0.25, 0.3) is 11.1 Å². The number of rotatable bonds is 5. The molecule has 3 nitrogen and oxygen atoms in total. The van der Waals surface area contributed by atoms with E-state index in [-0.39, 0.29) is 5.75 Å². The molecule has 2 aromatic rings. The Kier molecular flexibility index (Phi) is 5.15. The summed E-state index contributed by atoms with van der Waals surface area (Å²) >= 11 is 0. The minimum absolute atomic E-state index is 0.204. The molecular formula is C17H17F3O3. The Balaban J connectivity index is 2.50. The van der Waals surface area contributed by atoms with Crippen LogP contribution in [-0.2, 0) is 17.5 Å². The second-order valence-corrected chi connectivity index (χ2v) is 4.87. The van der Waals surface area contributed by atoms with E-state index in [0.29, 0.717) is 23.5 Å². The minimum atomic E-state index is -4.48. The van der Waals surface area contributed by atoms with Gasteiger partial charge in [-0.05, 0) is 29.3 Å². The van der Waals surface area contributed by atoms with Gasteiger partial charge in [-0.3, -0.25) is 0 Å². The standard InChI is InChI=1S/C17H17F3O3/c1-21-10-13-5-4-12(9-16(13)23-3)11-6-7-15(22-2)14(8-11)17(18,19)20/h4-9H,10H2,1-3H3. The van der Waals surface area contributed by atoms with Gasteiger partial charge in [-0.1, -0.05) is 18.2 Å². The quantitative estimate of drug-likeness (QED) is 0.807. The van der Waals surface area contributed by atoms with Crippen molar-refractivity contribution in [3.8, 4) is 22.6 Å². The molecule has 0 aliphatic heterocycles. The predicted molar refractivity (Wildman–Crippen MR) is 80.7 cm³/mol. The Bertz CT molecular complexity index is 681. The molecule has 0 atom stereocenters. The van der Waals surface area contributed by atoms with Gasteiger partial charge in [0.15, 0.2) is 0 Å². The SMILES string of the molecule is COCc1ccc(-c2ccc(OC)c(C(F)(F)F)c2)cc1OC. The lowest BCUT2D eigenvalue weighted by Gasteiger charge is -2.15. The third-order valence-electron chi connectivity index (χ3n) is 3.43. The third-order valence-corrected chi connectivity index (χ3v) is 3.43. The number of hydrogen-bond donors (Lipinski definition) is 0. The largest absolute Gasteiger partial charge is 0.496 e. The van der Waals surface area contributed by atoms with Crippen LogP contribution in [0.3, 0.4) is 0 Å². The van der Waals surface area contributed by atoms with E-state index in [1.54, 1.807) is 31.4 Å². The Morgan fingerprint density at radius 2 is 1.43 bits per heavy atom. The van der Waals surface area contributed by atoms with E-state index in [9.17, 15) is 13.2 Å². The van der Waals surface area contributed by atoms with Crippen LogP contribution in [-0.4, -0.2) is 21.3 Å². The fraction of sp³-hybridized carbons (Fsp3) is 0.294. The number of halogens is 3. The summed E-state index contributed by atoms with van der Waals surface area (Å²) in [7, 11) is 4.28. The van der Waals surface area contributed by atoms with E-state index in [1.807, 2.05) is 0 Å². The first-order chi connectivity index (χ1) is 10.9. The van der Waals surface area contributed by atoms with Crippen molar-refractivity contribution in [2.24, 2.45) is 0 Å². The molecule has 0 N–H and O–H groups in total. The van der Waals surface area contributed by atoms with Crippen molar-refractivity contribution in [1.29, 1.82) is 0 Å². The highest BCUT2D eigenvalue weighted by Gasteiger charge is 2.34. The number of alkyl halides is 3. The van der Waals surface area contributed by atoms with Crippen LogP contribution < -0.4 is 9.47 Å². The minimum Gasteiger partial charge on any atom is -0.496 e. The maximum absolute atomic E-state index is 13.1. The first kappa shape index (κ1) is 17.1. The van der Waals surface area contributed by atoms with Crippen molar-refractivity contribution in [1.82, 2.24) is 0 Å². The molecular weight excluding hydrogens is 309 g/mol. The van der Waals surface area contributed by atoms with Crippen molar-refractivity contribution in [2.45, 2.75) is 12.8 Å². The van der Waals surface area contributed by atoms with Gasteiger partial charge in [-0.15, -0.1) is 0 Å². The monoisotopic (exact) mass is 326 g/mol. The summed E-state index contributed by atoms with van der Waals surface area (Å²) in [5.74, 6) is 0.359.